The van der Waals surface area contributed by atoms with Gasteiger partial charge < -0.3 is 34.3 Å². The summed E-state index contributed by atoms with van der Waals surface area (Å²) in [4.78, 5) is 65.9. The Morgan fingerprint density at radius 1 is 0.944 bits per heavy atom. The topological polar surface area (TPSA) is 161 Å². The number of para-hydroxylation sites is 1. The summed E-state index contributed by atoms with van der Waals surface area (Å²) < 4.78 is 25.3. The zero-order valence-corrected chi connectivity index (χ0v) is 20.2. The van der Waals surface area contributed by atoms with Gasteiger partial charge in [0.05, 0.1) is 27.4 Å². The van der Waals surface area contributed by atoms with E-state index in [9.17, 15) is 24.0 Å². The predicted octanol–water partition coefficient (Wildman–Crippen LogP) is 0.588. The smallest absolute Gasteiger partial charge is 0.339 e. The molecule has 0 amide bonds. The minimum absolute atomic E-state index is 0.0471. The number of cyclic esters (lactones) is 1. The van der Waals surface area contributed by atoms with Crippen molar-refractivity contribution in [3.8, 4) is 0 Å². The van der Waals surface area contributed by atoms with E-state index < -0.39 is 59.4 Å². The summed E-state index contributed by atoms with van der Waals surface area (Å²) in [6.45, 7) is 2.69. The van der Waals surface area contributed by atoms with Crippen LogP contribution in [0.5, 0.6) is 0 Å². The maximum absolute atomic E-state index is 13.7. The highest BCUT2D eigenvalue weighted by molar-refractivity contribution is 6.16. The Labute approximate surface area is 206 Å². The van der Waals surface area contributed by atoms with E-state index in [2.05, 4.69) is 0 Å². The number of benzene rings is 1. The average Bonchev–Trinajstić information content (AvgIpc) is 3.13. The zero-order valence-electron chi connectivity index (χ0n) is 20.2. The van der Waals surface area contributed by atoms with Gasteiger partial charge in [0.2, 0.25) is 0 Å². The van der Waals surface area contributed by atoms with Gasteiger partial charge >= 0.3 is 29.8 Å². The van der Waals surface area contributed by atoms with E-state index in [-0.39, 0.29) is 36.0 Å². The Kier molecular flexibility index (Phi) is 7.66. The van der Waals surface area contributed by atoms with Crippen molar-refractivity contribution in [1.29, 1.82) is 0 Å². The fraction of sp³-hybridized carbons (Fsp3) is 0.375. The van der Waals surface area contributed by atoms with Gasteiger partial charge in [-0.05, 0) is 19.9 Å². The van der Waals surface area contributed by atoms with Crippen LogP contribution in [0.2, 0.25) is 0 Å². The summed E-state index contributed by atoms with van der Waals surface area (Å²) in [5.74, 6) is -5.29. The van der Waals surface area contributed by atoms with E-state index in [1.54, 1.807) is 32.0 Å². The quantitative estimate of drug-likeness (QED) is 0.390. The molecule has 2 heterocycles. The van der Waals surface area contributed by atoms with Crippen molar-refractivity contribution < 1.29 is 47.7 Å². The molecule has 0 saturated heterocycles. The van der Waals surface area contributed by atoms with Gasteiger partial charge in [-0.2, -0.15) is 0 Å². The van der Waals surface area contributed by atoms with Crippen molar-refractivity contribution in [2.75, 3.05) is 38.9 Å². The number of anilines is 1. The standard InChI is InChI=1S/C24H26N2O10/c1-5-34-16(27)11-15-18(22(30)35-6-2)24(23(31)36-15)13-9-7-8-10-14(13)26(12-17(28)32-3)20(25)19(24)21(29)33-4/h7-10H,5-6,11-12,25H2,1-4H3. The molecule has 1 unspecified atom stereocenters. The number of fused-ring (bicyclic) bond motifs is 2. The molecule has 192 valence electrons. The molecule has 1 aromatic rings. The minimum Gasteiger partial charge on any atom is -0.468 e. The molecule has 0 bridgehead atoms. The van der Waals surface area contributed by atoms with E-state index in [0.717, 1.165) is 7.11 Å². The second-order valence-corrected chi connectivity index (χ2v) is 7.57. The molecule has 0 radical (unpaired) electrons. The van der Waals surface area contributed by atoms with Crippen LogP contribution in [0.4, 0.5) is 5.69 Å². The third-order valence-electron chi connectivity index (χ3n) is 5.69. The summed E-state index contributed by atoms with van der Waals surface area (Å²) >= 11 is 0. The van der Waals surface area contributed by atoms with Gasteiger partial charge in [0.15, 0.2) is 5.41 Å². The second kappa shape index (κ2) is 10.5. The molecule has 0 aliphatic carbocycles. The minimum atomic E-state index is -2.24. The fourth-order valence-electron chi connectivity index (χ4n) is 4.30. The van der Waals surface area contributed by atoms with E-state index >= 15 is 0 Å². The summed E-state index contributed by atoms with van der Waals surface area (Å²) in [5.41, 5.74) is 3.59. The molecule has 1 atom stereocenters. The summed E-state index contributed by atoms with van der Waals surface area (Å²) in [5, 5.41) is 0. The number of hydrogen-bond acceptors (Lipinski definition) is 12. The number of hydrogen-bond donors (Lipinski definition) is 1. The average molecular weight is 502 g/mol. The lowest BCUT2D eigenvalue weighted by Gasteiger charge is -2.40. The first-order valence-corrected chi connectivity index (χ1v) is 11.0. The highest BCUT2D eigenvalue weighted by atomic mass is 16.6. The Bertz CT molecular complexity index is 1190. The van der Waals surface area contributed by atoms with Crippen molar-refractivity contribution in [3.63, 3.8) is 0 Å². The number of rotatable bonds is 8. The van der Waals surface area contributed by atoms with E-state index in [1.807, 2.05) is 0 Å². The van der Waals surface area contributed by atoms with Crippen LogP contribution in [0, 0.1) is 0 Å². The van der Waals surface area contributed by atoms with Gasteiger partial charge in [-0.25, -0.2) is 14.4 Å². The third-order valence-corrected chi connectivity index (χ3v) is 5.69. The zero-order chi connectivity index (χ0) is 26.6. The predicted molar refractivity (Wildman–Crippen MR) is 122 cm³/mol. The van der Waals surface area contributed by atoms with Gasteiger partial charge in [0, 0.05) is 11.3 Å². The molecule has 1 spiro atoms. The molecular weight excluding hydrogens is 476 g/mol. The van der Waals surface area contributed by atoms with Crippen LogP contribution < -0.4 is 10.6 Å². The summed E-state index contributed by atoms with van der Waals surface area (Å²) in [7, 11) is 2.24. The molecule has 12 heteroatoms. The number of esters is 5. The molecule has 2 aliphatic heterocycles. The van der Waals surface area contributed by atoms with Crippen molar-refractivity contribution in [2.24, 2.45) is 5.73 Å². The lowest BCUT2D eigenvalue weighted by atomic mass is 9.66. The molecule has 2 aliphatic rings. The molecule has 0 fully saturated rings. The first kappa shape index (κ1) is 26.3. The normalized spacial score (nSPS) is 18.6. The monoisotopic (exact) mass is 502 g/mol. The highest BCUT2D eigenvalue weighted by Crippen LogP contribution is 2.54. The van der Waals surface area contributed by atoms with Gasteiger partial charge in [0.1, 0.15) is 35.7 Å². The molecule has 3 rings (SSSR count). The van der Waals surface area contributed by atoms with Crippen LogP contribution in [-0.4, -0.2) is 63.8 Å². The second-order valence-electron chi connectivity index (χ2n) is 7.57. The molecular formula is C24H26N2O10. The first-order valence-electron chi connectivity index (χ1n) is 11.0. The maximum Gasteiger partial charge on any atom is 0.339 e. The Balaban J connectivity index is 2.43. The molecule has 12 nitrogen and oxygen atoms in total. The lowest BCUT2D eigenvalue weighted by molar-refractivity contribution is -0.148. The van der Waals surface area contributed by atoms with Crippen LogP contribution in [0.15, 0.2) is 47.0 Å². The molecule has 0 saturated carbocycles. The molecule has 2 N–H and O–H groups in total. The van der Waals surface area contributed by atoms with Gasteiger partial charge in [-0.15, -0.1) is 0 Å². The van der Waals surface area contributed by atoms with Gasteiger partial charge in [0.25, 0.3) is 0 Å². The number of carbonyl (C=O) groups excluding carboxylic acids is 5. The largest absolute Gasteiger partial charge is 0.468 e. The van der Waals surface area contributed by atoms with Crippen molar-refractivity contribution >= 4 is 35.5 Å². The third kappa shape index (κ3) is 4.14. The van der Waals surface area contributed by atoms with E-state index in [0.29, 0.717) is 0 Å². The number of methoxy groups -OCH3 is 2. The fourth-order valence-corrected chi connectivity index (χ4v) is 4.30. The summed E-state index contributed by atoms with van der Waals surface area (Å²) in [6, 6.07) is 6.19. The van der Waals surface area contributed by atoms with E-state index in [1.165, 1.54) is 18.1 Å². The summed E-state index contributed by atoms with van der Waals surface area (Å²) in [6.07, 6.45) is -0.585. The van der Waals surface area contributed by atoms with Crippen LogP contribution in [-0.2, 0) is 53.1 Å². The van der Waals surface area contributed by atoms with Crippen LogP contribution in [0.1, 0.15) is 25.8 Å². The van der Waals surface area contributed by atoms with Crippen molar-refractivity contribution in [3.05, 3.63) is 52.6 Å². The highest BCUT2D eigenvalue weighted by Gasteiger charge is 2.64. The van der Waals surface area contributed by atoms with Gasteiger partial charge in [-0.1, -0.05) is 18.2 Å². The molecule has 36 heavy (non-hydrogen) atoms. The number of nitrogens with two attached hydrogens (primary N) is 1. The number of carbonyl (C=O) groups is 5. The molecule has 1 aromatic carbocycles. The van der Waals surface area contributed by atoms with Crippen molar-refractivity contribution in [1.82, 2.24) is 0 Å². The number of nitrogens with zero attached hydrogens (tertiary/aromatic N) is 1. The van der Waals surface area contributed by atoms with Gasteiger partial charge in [-0.3, -0.25) is 9.59 Å². The first-order chi connectivity index (χ1) is 17.2. The molecule has 0 aromatic heterocycles. The van der Waals surface area contributed by atoms with Crippen LogP contribution >= 0.6 is 0 Å². The van der Waals surface area contributed by atoms with Crippen molar-refractivity contribution in [2.45, 2.75) is 25.7 Å². The number of ether oxygens (including phenoxy) is 5. The van der Waals surface area contributed by atoms with Crippen LogP contribution in [0.3, 0.4) is 0 Å². The van der Waals surface area contributed by atoms with E-state index in [4.69, 9.17) is 29.4 Å². The van der Waals surface area contributed by atoms with Crippen LogP contribution in [0.25, 0.3) is 0 Å². The Morgan fingerprint density at radius 3 is 2.22 bits per heavy atom. The maximum atomic E-state index is 13.7. The Hall–Kier alpha value is -4.35. The SMILES string of the molecule is CCOC(=O)CC1=C(C(=O)OCC)C2(C(=O)O1)C(C(=O)OC)=C(N)N(CC(=O)OC)c1ccccc12. The lowest BCUT2D eigenvalue weighted by Crippen LogP contribution is -2.51. The Morgan fingerprint density at radius 2 is 1.61 bits per heavy atom.